The second kappa shape index (κ2) is 13.5. The number of hydrogen-bond acceptors (Lipinski definition) is 4. The summed E-state index contributed by atoms with van der Waals surface area (Å²) >= 11 is 0. The third kappa shape index (κ3) is 7.99. The van der Waals surface area contributed by atoms with Gasteiger partial charge in [0.05, 0.1) is 20.3 Å². The first kappa shape index (κ1) is 25.4. The summed E-state index contributed by atoms with van der Waals surface area (Å²) in [6.07, 6.45) is 11.1. The van der Waals surface area contributed by atoms with E-state index in [0.29, 0.717) is 19.0 Å². The van der Waals surface area contributed by atoms with E-state index < -0.39 is 0 Å². The fourth-order valence-corrected chi connectivity index (χ4v) is 3.20. The van der Waals surface area contributed by atoms with Crippen LogP contribution in [0.2, 0.25) is 0 Å². The van der Waals surface area contributed by atoms with Gasteiger partial charge in [0.15, 0.2) is 11.5 Å². The molecule has 0 amide bonds. The molecule has 0 fully saturated rings. The maximum absolute atomic E-state index is 10.3. The van der Waals surface area contributed by atoms with Crippen LogP contribution >= 0.6 is 0 Å². The van der Waals surface area contributed by atoms with Crippen LogP contribution in [0.25, 0.3) is 12.2 Å². The molecule has 4 heteroatoms. The van der Waals surface area contributed by atoms with Crippen molar-refractivity contribution in [1.29, 1.82) is 0 Å². The number of phenolic OH excluding ortho intramolecular Hbond substituents is 1. The summed E-state index contributed by atoms with van der Waals surface area (Å²) in [4.78, 5) is 0. The highest BCUT2D eigenvalue weighted by atomic mass is 16.5. The summed E-state index contributed by atoms with van der Waals surface area (Å²) < 4.78 is 17.4. The van der Waals surface area contributed by atoms with Gasteiger partial charge in [-0.05, 0) is 62.4 Å². The number of hydrogen-bond donors (Lipinski definition) is 1. The molecular weight excluding hydrogens is 400 g/mol. The van der Waals surface area contributed by atoms with Gasteiger partial charge in [-0.1, -0.05) is 56.6 Å². The van der Waals surface area contributed by atoms with Crippen molar-refractivity contribution < 1.29 is 19.3 Å². The molecule has 0 aromatic heterocycles. The van der Waals surface area contributed by atoms with Crippen molar-refractivity contribution in [1.82, 2.24) is 0 Å². The third-order valence-electron chi connectivity index (χ3n) is 5.10. The molecule has 0 aliphatic carbocycles. The summed E-state index contributed by atoms with van der Waals surface area (Å²) in [6, 6.07) is 9.43. The van der Waals surface area contributed by atoms with Gasteiger partial charge >= 0.3 is 0 Å². The molecule has 32 heavy (non-hydrogen) atoms. The van der Waals surface area contributed by atoms with Crippen LogP contribution in [0.5, 0.6) is 23.0 Å². The summed E-state index contributed by atoms with van der Waals surface area (Å²) in [6.45, 7) is 9.77. The van der Waals surface area contributed by atoms with Crippen LogP contribution < -0.4 is 14.2 Å². The molecule has 2 rings (SSSR count). The average molecular weight is 439 g/mol. The minimum absolute atomic E-state index is 0.203. The van der Waals surface area contributed by atoms with E-state index in [1.165, 1.54) is 5.57 Å². The Bertz CT molecular complexity index is 908. The Morgan fingerprint density at radius 2 is 1.56 bits per heavy atom. The zero-order chi connectivity index (χ0) is 23.3. The smallest absolute Gasteiger partial charge is 0.161 e. The van der Waals surface area contributed by atoms with Crippen LogP contribution in [-0.4, -0.2) is 25.4 Å². The Hall–Kier alpha value is -2.88. The number of aromatic hydroxyl groups is 1. The fourth-order valence-electron chi connectivity index (χ4n) is 3.20. The minimum atomic E-state index is 0.203. The van der Waals surface area contributed by atoms with Crippen LogP contribution in [0.15, 0.2) is 42.0 Å². The number of phenols is 1. The minimum Gasteiger partial charge on any atom is -0.508 e. The van der Waals surface area contributed by atoms with Gasteiger partial charge in [-0.3, -0.25) is 0 Å². The largest absolute Gasteiger partial charge is 0.508 e. The lowest BCUT2D eigenvalue weighted by Crippen LogP contribution is -2.01. The van der Waals surface area contributed by atoms with Crippen LogP contribution in [0, 0.1) is 0 Å². The summed E-state index contributed by atoms with van der Waals surface area (Å²) in [7, 11) is 1.65. The zero-order valence-corrected chi connectivity index (χ0v) is 20.2. The van der Waals surface area contributed by atoms with Crippen molar-refractivity contribution in [2.45, 2.75) is 59.8 Å². The molecule has 1 N–H and O–H groups in total. The van der Waals surface area contributed by atoms with E-state index in [9.17, 15) is 5.11 Å². The van der Waals surface area contributed by atoms with Crippen molar-refractivity contribution >= 4 is 12.2 Å². The van der Waals surface area contributed by atoms with Crippen LogP contribution in [-0.2, 0) is 6.42 Å². The Morgan fingerprint density at radius 3 is 2.19 bits per heavy atom. The molecule has 4 nitrogen and oxygen atoms in total. The summed E-state index contributed by atoms with van der Waals surface area (Å²) in [5.74, 6) is 2.42. The van der Waals surface area contributed by atoms with Gasteiger partial charge < -0.3 is 19.3 Å². The molecule has 0 aliphatic rings. The molecule has 0 radical (unpaired) electrons. The van der Waals surface area contributed by atoms with Gasteiger partial charge in [-0.25, -0.2) is 0 Å². The lowest BCUT2D eigenvalue weighted by Gasteiger charge is -2.14. The maximum Gasteiger partial charge on any atom is 0.161 e. The molecule has 0 bridgehead atoms. The molecule has 0 unspecified atom stereocenters. The van der Waals surface area contributed by atoms with Crippen LogP contribution in [0.3, 0.4) is 0 Å². The first-order valence-corrected chi connectivity index (χ1v) is 11.6. The molecule has 174 valence electrons. The number of rotatable bonds is 13. The molecule has 0 heterocycles. The number of methoxy groups -OCH3 is 1. The third-order valence-corrected chi connectivity index (χ3v) is 5.10. The number of ether oxygens (including phenoxy) is 3. The standard InChI is InChI=1S/C28H38O4/c1-6-8-16-31-26-15-12-22(18-28(26)30-5)11-13-23-19-24(29)20-27(32-17-9-7-2)25(23)14-10-21(3)4/h10-13,15,18-20,29H,6-9,14,16-17H2,1-5H3/b13-11+. The molecule has 0 aliphatic heterocycles. The van der Waals surface area contributed by atoms with E-state index in [0.717, 1.165) is 60.3 Å². The lowest BCUT2D eigenvalue weighted by molar-refractivity contribution is 0.288. The highest BCUT2D eigenvalue weighted by Crippen LogP contribution is 2.32. The first-order valence-electron chi connectivity index (χ1n) is 11.6. The van der Waals surface area contributed by atoms with Gasteiger partial charge in [-0.15, -0.1) is 0 Å². The van der Waals surface area contributed by atoms with Crippen LogP contribution in [0.4, 0.5) is 0 Å². The highest BCUT2D eigenvalue weighted by molar-refractivity contribution is 5.74. The number of allylic oxidation sites excluding steroid dienone is 2. The number of unbranched alkanes of at least 4 members (excludes halogenated alkanes) is 2. The summed E-state index contributed by atoms with van der Waals surface area (Å²) in [5.41, 5.74) is 4.25. The Balaban J connectivity index is 2.34. The molecule has 2 aromatic carbocycles. The zero-order valence-electron chi connectivity index (χ0n) is 20.2. The summed E-state index contributed by atoms with van der Waals surface area (Å²) in [5, 5.41) is 10.3. The maximum atomic E-state index is 10.3. The monoisotopic (exact) mass is 438 g/mol. The van der Waals surface area contributed by atoms with E-state index in [-0.39, 0.29) is 5.75 Å². The van der Waals surface area contributed by atoms with E-state index in [1.54, 1.807) is 19.2 Å². The molecule has 0 saturated heterocycles. The Morgan fingerprint density at radius 1 is 0.875 bits per heavy atom. The van der Waals surface area contributed by atoms with Gasteiger partial charge in [0, 0.05) is 11.6 Å². The van der Waals surface area contributed by atoms with E-state index in [2.05, 4.69) is 33.8 Å². The molecular formula is C28H38O4. The predicted molar refractivity (Wildman–Crippen MR) is 134 cm³/mol. The normalized spacial score (nSPS) is 10.9. The first-order chi connectivity index (χ1) is 15.5. The van der Waals surface area contributed by atoms with Crippen LogP contribution in [0.1, 0.15) is 70.1 Å². The van der Waals surface area contributed by atoms with Crippen molar-refractivity contribution in [2.75, 3.05) is 20.3 Å². The van der Waals surface area contributed by atoms with Crippen molar-refractivity contribution in [3.63, 3.8) is 0 Å². The topological polar surface area (TPSA) is 47.9 Å². The van der Waals surface area contributed by atoms with Gasteiger partial charge in [-0.2, -0.15) is 0 Å². The second-order valence-corrected chi connectivity index (χ2v) is 8.14. The van der Waals surface area contributed by atoms with Gasteiger partial charge in [0.1, 0.15) is 11.5 Å². The second-order valence-electron chi connectivity index (χ2n) is 8.14. The predicted octanol–water partition coefficient (Wildman–Crippen LogP) is 7.44. The van der Waals surface area contributed by atoms with Crippen molar-refractivity contribution in [2.24, 2.45) is 0 Å². The quantitative estimate of drug-likeness (QED) is 0.201. The van der Waals surface area contributed by atoms with Crippen molar-refractivity contribution in [3.8, 4) is 23.0 Å². The molecule has 0 saturated carbocycles. The van der Waals surface area contributed by atoms with E-state index >= 15 is 0 Å². The number of benzene rings is 2. The fraction of sp³-hybridized carbons (Fsp3) is 0.429. The van der Waals surface area contributed by atoms with Gasteiger partial charge in [0.2, 0.25) is 0 Å². The SMILES string of the molecule is CCCCOc1ccc(/C=C/c2cc(O)cc(OCCCC)c2CC=C(C)C)cc1OC. The molecule has 0 atom stereocenters. The Kier molecular flexibility index (Phi) is 10.7. The average Bonchev–Trinajstić information content (AvgIpc) is 2.77. The lowest BCUT2D eigenvalue weighted by atomic mass is 10.00. The molecule has 0 spiro atoms. The van der Waals surface area contributed by atoms with Gasteiger partial charge in [0.25, 0.3) is 0 Å². The van der Waals surface area contributed by atoms with Crippen molar-refractivity contribution in [3.05, 3.63) is 58.7 Å². The Labute approximate surface area is 193 Å². The molecule has 2 aromatic rings. The van der Waals surface area contributed by atoms with E-state index in [4.69, 9.17) is 14.2 Å². The van der Waals surface area contributed by atoms with E-state index in [1.807, 2.05) is 30.4 Å². The highest BCUT2D eigenvalue weighted by Gasteiger charge is 2.11.